The Morgan fingerprint density at radius 2 is 0.792 bits per heavy atom. The third-order valence-electron chi connectivity index (χ3n) is 12.3. The average Bonchev–Trinajstić information content (AvgIpc) is 3.65. The first-order valence-corrected chi connectivity index (χ1v) is 17.3. The molecule has 13 rings (SSSR count). The van der Waals surface area contributed by atoms with Crippen LogP contribution < -0.4 is 32.8 Å². The van der Waals surface area contributed by atoms with Crippen molar-refractivity contribution in [2.24, 2.45) is 0 Å². The molecule has 0 saturated carbocycles. The van der Waals surface area contributed by atoms with E-state index in [2.05, 4.69) is 143 Å². The van der Waals surface area contributed by atoms with E-state index in [0.29, 0.717) is 0 Å². The van der Waals surface area contributed by atoms with Gasteiger partial charge in [0.05, 0.1) is 11.0 Å². The highest BCUT2D eigenvalue weighted by atomic mass is 15.0. The molecule has 9 aromatic rings. The number of hydrogen-bond donors (Lipinski definition) is 0. The minimum atomic E-state index is 0.259. The van der Waals surface area contributed by atoms with Crippen LogP contribution >= 0.6 is 0 Å². The normalized spacial score (nSPS) is 14.4. The Labute approximate surface area is 278 Å². The van der Waals surface area contributed by atoms with Crippen LogP contribution in [0.4, 0.5) is 0 Å². The first-order chi connectivity index (χ1) is 23.8. The van der Waals surface area contributed by atoms with Crippen LogP contribution in [0.25, 0.3) is 55.0 Å². The molecule has 48 heavy (non-hydrogen) atoms. The van der Waals surface area contributed by atoms with Crippen LogP contribution in [0, 0.1) is 0 Å². The average molecular weight is 604 g/mol. The van der Waals surface area contributed by atoms with Crippen LogP contribution in [-0.2, 0) is 12.8 Å². The fourth-order valence-electron chi connectivity index (χ4n) is 10.5. The van der Waals surface area contributed by atoms with Crippen molar-refractivity contribution in [2.75, 3.05) is 0 Å². The van der Waals surface area contributed by atoms with E-state index in [1.165, 1.54) is 110 Å². The summed E-state index contributed by atoms with van der Waals surface area (Å²) in [6.45, 7) is 0.518. The molecule has 0 fully saturated rings. The summed E-state index contributed by atoms with van der Waals surface area (Å²) in [6.07, 6.45) is 1.98. The zero-order valence-electron chi connectivity index (χ0n) is 26.2. The van der Waals surface area contributed by atoms with Gasteiger partial charge in [0.1, 0.15) is 0 Å². The van der Waals surface area contributed by atoms with E-state index in [1.807, 2.05) is 0 Å². The quantitative estimate of drug-likeness (QED) is 0.207. The van der Waals surface area contributed by atoms with Crippen molar-refractivity contribution in [3.63, 3.8) is 0 Å². The van der Waals surface area contributed by atoms with Gasteiger partial charge in [-0.05, 0) is 81.2 Å². The van der Waals surface area contributed by atoms with Gasteiger partial charge in [-0.15, -0.1) is 0 Å². The number of aromatic nitrogens is 2. The lowest BCUT2D eigenvalue weighted by Gasteiger charge is -2.33. The highest BCUT2D eigenvalue weighted by Crippen LogP contribution is 2.42. The number of fused-ring (bicyclic) bond motifs is 16. The summed E-state index contributed by atoms with van der Waals surface area (Å²) in [6, 6.07) is 51.3. The van der Waals surface area contributed by atoms with Crippen molar-refractivity contribution < 1.29 is 0 Å². The Bertz CT molecular complexity index is 2780. The van der Waals surface area contributed by atoms with Gasteiger partial charge in [-0.1, -0.05) is 120 Å². The van der Waals surface area contributed by atoms with Crippen molar-refractivity contribution in [3.8, 4) is 11.4 Å². The Kier molecular flexibility index (Phi) is 4.18. The van der Waals surface area contributed by atoms with Crippen LogP contribution in [-0.4, -0.2) is 22.6 Å². The van der Waals surface area contributed by atoms with E-state index in [0.717, 1.165) is 12.8 Å². The Morgan fingerprint density at radius 3 is 1.27 bits per heavy atom. The van der Waals surface area contributed by atoms with Crippen molar-refractivity contribution in [1.29, 1.82) is 0 Å². The lowest BCUT2D eigenvalue weighted by molar-refractivity contribution is 1.16. The molecule has 2 nitrogen and oxygen atoms in total. The van der Waals surface area contributed by atoms with E-state index in [1.54, 1.807) is 0 Å². The number of para-hydroxylation sites is 2. The maximum absolute atomic E-state index is 2.61. The minimum Gasteiger partial charge on any atom is -0.310 e. The summed E-state index contributed by atoms with van der Waals surface area (Å²) >= 11 is 0. The molecule has 0 amide bonds. The summed E-state index contributed by atoms with van der Waals surface area (Å²) in [5.41, 5.74) is 22.6. The molecule has 0 aliphatic carbocycles. The summed E-state index contributed by atoms with van der Waals surface area (Å²) in [7, 11) is 0. The van der Waals surface area contributed by atoms with Gasteiger partial charge in [0.2, 0.25) is 13.4 Å². The molecule has 0 unspecified atom stereocenters. The molecule has 2 aromatic heterocycles. The Hall–Kier alpha value is -5.73. The van der Waals surface area contributed by atoms with Crippen LogP contribution in [0.3, 0.4) is 0 Å². The molecule has 0 atom stereocenters. The van der Waals surface area contributed by atoms with Crippen molar-refractivity contribution >= 4 is 89.8 Å². The molecular formula is C44H26B2N2. The predicted octanol–water partition coefficient (Wildman–Crippen LogP) is 5.35. The van der Waals surface area contributed by atoms with Gasteiger partial charge in [-0.2, -0.15) is 0 Å². The molecule has 0 N–H and O–H groups in total. The van der Waals surface area contributed by atoms with E-state index in [4.69, 9.17) is 0 Å². The smallest absolute Gasteiger partial charge is 0.247 e. The molecule has 4 aliphatic rings. The number of rotatable bonds is 0. The van der Waals surface area contributed by atoms with Gasteiger partial charge in [-0.25, -0.2) is 0 Å². The summed E-state index contributed by atoms with van der Waals surface area (Å²) in [5, 5.41) is 5.40. The molecule has 0 radical (unpaired) electrons. The Morgan fingerprint density at radius 1 is 0.375 bits per heavy atom. The molecule has 6 heterocycles. The first kappa shape index (κ1) is 24.4. The maximum atomic E-state index is 2.61. The monoisotopic (exact) mass is 604 g/mol. The third-order valence-corrected chi connectivity index (χ3v) is 12.3. The molecule has 4 aliphatic heterocycles. The van der Waals surface area contributed by atoms with Gasteiger partial charge >= 0.3 is 0 Å². The fourth-order valence-corrected chi connectivity index (χ4v) is 10.5. The number of benzene rings is 7. The van der Waals surface area contributed by atoms with Gasteiger partial charge in [0.25, 0.3) is 0 Å². The van der Waals surface area contributed by atoms with Crippen molar-refractivity contribution in [2.45, 2.75) is 12.8 Å². The SMILES string of the molecule is c1ccc2c(c1)Cc1ccc3c4cc5c(cc4n4c3c1B2c1ccccc1-4)c1ccc2c3c1n5-c1ccccc1B3c1ccccc1C2. The predicted molar refractivity (Wildman–Crippen MR) is 203 cm³/mol. The zero-order chi connectivity index (χ0) is 30.8. The van der Waals surface area contributed by atoms with Crippen LogP contribution in [0.1, 0.15) is 22.3 Å². The second kappa shape index (κ2) is 8.21. The van der Waals surface area contributed by atoms with Crippen LogP contribution in [0.2, 0.25) is 0 Å². The van der Waals surface area contributed by atoms with E-state index >= 15 is 0 Å². The number of hydrogen-bond acceptors (Lipinski definition) is 0. The van der Waals surface area contributed by atoms with E-state index in [-0.39, 0.29) is 13.4 Å². The summed E-state index contributed by atoms with van der Waals surface area (Å²) in [4.78, 5) is 0. The molecule has 0 spiro atoms. The molecule has 218 valence electrons. The molecule has 0 saturated heterocycles. The minimum absolute atomic E-state index is 0.259. The molecular weight excluding hydrogens is 578 g/mol. The van der Waals surface area contributed by atoms with Gasteiger partial charge < -0.3 is 9.13 Å². The second-order valence-electron chi connectivity index (χ2n) is 14.4. The van der Waals surface area contributed by atoms with Crippen molar-refractivity contribution in [3.05, 3.63) is 156 Å². The summed E-state index contributed by atoms with van der Waals surface area (Å²) in [5.74, 6) is 0. The van der Waals surface area contributed by atoms with Crippen LogP contribution in [0.15, 0.2) is 133 Å². The largest absolute Gasteiger partial charge is 0.310 e. The second-order valence-corrected chi connectivity index (χ2v) is 14.4. The highest BCUT2D eigenvalue weighted by molar-refractivity contribution is 6.99. The zero-order valence-corrected chi connectivity index (χ0v) is 26.2. The fraction of sp³-hybridized carbons (Fsp3) is 0.0455. The van der Waals surface area contributed by atoms with Gasteiger partial charge in [-0.3, -0.25) is 0 Å². The van der Waals surface area contributed by atoms with Crippen molar-refractivity contribution in [1.82, 2.24) is 9.13 Å². The Balaban J connectivity index is 1.20. The van der Waals surface area contributed by atoms with E-state index in [9.17, 15) is 0 Å². The van der Waals surface area contributed by atoms with Gasteiger partial charge in [0, 0.05) is 44.0 Å². The third kappa shape index (κ3) is 2.68. The molecule has 7 aromatic carbocycles. The highest BCUT2D eigenvalue weighted by Gasteiger charge is 2.41. The first-order valence-electron chi connectivity index (χ1n) is 17.3. The van der Waals surface area contributed by atoms with E-state index < -0.39 is 0 Å². The van der Waals surface area contributed by atoms with Gasteiger partial charge in [0.15, 0.2) is 0 Å². The van der Waals surface area contributed by atoms with Crippen LogP contribution in [0.5, 0.6) is 0 Å². The maximum Gasteiger partial charge on any atom is 0.247 e. The molecule has 4 heteroatoms. The summed E-state index contributed by atoms with van der Waals surface area (Å²) < 4.78 is 5.22. The lowest BCUT2D eigenvalue weighted by atomic mass is 9.32. The number of nitrogens with zero attached hydrogens (tertiary/aromatic N) is 2. The standard InChI is InChI=1S/C44H26B2N2/c1-3-11-33-25(9-1)21-27-17-19-29-31-23-40-32(24-39(31)47-37-15-7-5-13-35(37)45(33)41(27)43(29)47)30-20-18-28-22-26-10-2-4-12-34(26)46-36-14-6-8-16-38(36)48(40)44(30)42(28)46/h1-20,23-24H,21-22H2. The lowest BCUT2D eigenvalue weighted by Crippen LogP contribution is -2.60. The molecule has 0 bridgehead atoms. The topological polar surface area (TPSA) is 9.86 Å².